The lowest BCUT2D eigenvalue weighted by Crippen LogP contribution is -2.32. The SMILES string of the molecule is CC[C@@H](c1cc2nc(N3CC[C@H](N)C3)c(C)cn2n1)N(C)C(=O)c1ccccc1-n1cccn1. The number of benzene rings is 1. The molecule has 1 aromatic carbocycles. The molecule has 0 saturated carbocycles. The van der Waals surface area contributed by atoms with Crippen LogP contribution in [0.3, 0.4) is 0 Å². The van der Waals surface area contributed by atoms with Crippen molar-refractivity contribution in [3.05, 3.63) is 71.8 Å². The normalized spacial score (nSPS) is 16.8. The van der Waals surface area contributed by atoms with E-state index in [9.17, 15) is 4.79 Å². The summed E-state index contributed by atoms with van der Waals surface area (Å²) in [6.07, 6.45) is 7.25. The van der Waals surface area contributed by atoms with E-state index in [-0.39, 0.29) is 18.0 Å². The van der Waals surface area contributed by atoms with Gasteiger partial charge in [0.25, 0.3) is 5.91 Å². The third-order valence-corrected chi connectivity index (χ3v) is 6.55. The molecule has 0 bridgehead atoms. The van der Waals surface area contributed by atoms with Gasteiger partial charge in [0, 0.05) is 56.4 Å². The first-order chi connectivity index (χ1) is 16.5. The molecule has 4 heterocycles. The number of para-hydroxylation sites is 1. The van der Waals surface area contributed by atoms with E-state index in [2.05, 4.69) is 16.9 Å². The van der Waals surface area contributed by atoms with Gasteiger partial charge in [-0.3, -0.25) is 4.79 Å². The number of aryl methyl sites for hydroxylation is 1. The highest BCUT2D eigenvalue weighted by Crippen LogP contribution is 2.28. The average Bonchev–Trinajstić information content (AvgIpc) is 3.59. The molecule has 1 fully saturated rings. The van der Waals surface area contributed by atoms with Gasteiger partial charge in [-0.05, 0) is 38.0 Å². The third-order valence-electron chi connectivity index (χ3n) is 6.55. The van der Waals surface area contributed by atoms with E-state index >= 15 is 0 Å². The van der Waals surface area contributed by atoms with E-state index in [1.165, 1.54) is 0 Å². The van der Waals surface area contributed by atoms with Crippen molar-refractivity contribution in [1.82, 2.24) is 29.3 Å². The van der Waals surface area contributed by atoms with Crippen LogP contribution >= 0.6 is 0 Å². The minimum atomic E-state index is -0.191. The number of carbonyl (C=O) groups is 1. The Morgan fingerprint density at radius 3 is 2.82 bits per heavy atom. The topological polar surface area (TPSA) is 97.6 Å². The number of hydrogen-bond donors (Lipinski definition) is 1. The Kier molecular flexibility index (Phi) is 5.79. The molecule has 3 aromatic heterocycles. The minimum absolute atomic E-state index is 0.0779. The lowest BCUT2D eigenvalue weighted by molar-refractivity contribution is 0.0722. The second-order valence-electron chi connectivity index (χ2n) is 8.92. The summed E-state index contributed by atoms with van der Waals surface area (Å²) in [7, 11) is 1.83. The van der Waals surface area contributed by atoms with Crippen molar-refractivity contribution in [3.63, 3.8) is 0 Å². The zero-order valence-electron chi connectivity index (χ0n) is 19.8. The molecule has 4 aromatic rings. The van der Waals surface area contributed by atoms with Gasteiger partial charge in [0.05, 0.1) is 23.0 Å². The molecule has 1 amide bonds. The largest absolute Gasteiger partial charge is 0.355 e. The number of carbonyl (C=O) groups excluding carboxylic acids is 1. The number of nitrogens with two attached hydrogens (primary N) is 1. The molecule has 0 aliphatic carbocycles. The zero-order chi connectivity index (χ0) is 23.8. The fourth-order valence-electron chi connectivity index (χ4n) is 4.76. The van der Waals surface area contributed by atoms with Crippen LogP contribution in [0.15, 0.2) is 55.0 Å². The van der Waals surface area contributed by atoms with Crippen molar-refractivity contribution in [2.75, 3.05) is 25.0 Å². The second-order valence-corrected chi connectivity index (χ2v) is 8.92. The van der Waals surface area contributed by atoms with Crippen molar-refractivity contribution in [2.24, 2.45) is 5.73 Å². The number of aromatic nitrogens is 5. The lowest BCUT2D eigenvalue weighted by atomic mass is 10.1. The molecule has 9 heteroatoms. The maximum absolute atomic E-state index is 13.6. The quantitative estimate of drug-likeness (QED) is 0.477. The van der Waals surface area contributed by atoms with Gasteiger partial charge >= 0.3 is 0 Å². The number of nitrogens with zero attached hydrogens (tertiary/aromatic N) is 7. The highest BCUT2D eigenvalue weighted by atomic mass is 16.2. The molecule has 34 heavy (non-hydrogen) atoms. The predicted molar refractivity (Wildman–Crippen MR) is 131 cm³/mol. The molecular formula is C25H30N8O. The van der Waals surface area contributed by atoms with Crippen LogP contribution in [-0.2, 0) is 0 Å². The van der Waals surface area contributed by atoms with E-state index in [1.54, 1.807) is 15.8 Å². The van der Waals surface area contributed by atoms with Crippen LogP contribution < -0.4 is 10.6 Å². The van der Waals surface area contributed by atoms with Gasteiger partial charge in [-0.1, -0.05) is 19.1 Å². The lowest BCUT2D eigenvalue weighted by Gasteiger charge is -2.26. The third kappa shape index (κ3) is 3.92. The van der Waals surface area contributed by atoms with Crippen molar-refractivity contribution in [1.29, 1.82) is 0 Å². The summed E-state index contributed by atoms with van der Waals surface area (Å²) in [4.78, 5) is 22.5. The van der Waals surface area contributed by atoms with Crippen molar-refractivity contribution < 1.29 is 4.79 Å². The van der Waals surface area contributed by atoms with Crippen LogP contribution in [0.5, 0.6) is 0 Å². The van der Waals surface area contributed by atoms with E-state index < -0.39 is 0 Å². The van der Waals surface area contributed by atoms with Gasteiger partial charge in [-0.25, -0.2) is 14.2 Å². The number of hydrogen-bond acceptors (Lipinski definition) is 6. The van der Waals surface area contributed by atoms with Crippen LogP contribution in [-0.4, -0.2) is 61.4 Å². The molecule has 2 N–H and O–H groups in total. The maximum atomic E-state index is 13.6. The molecule has 2 atom stereocenters. The maximum Gasteiger partial charge on any atom is 0.256 e. The molecular weight excluding hydrogens is 428 g/mol. The first kappa shape index (κ1) is 22.1. The number of anilines is 1. The molecule has 9 nitrogen and oxygen atoms in total. The molecule has 1 aliphatic heterocycles. The van der Waals surface area contributed by atoms with Gasteiger partial charge < -0.3 is 15.5 Å². The first-order valence-corrected chi connectivity index (χ1v) is 11.7. The molecule has 0 unspecified atom stereocenters. The summed E-state index contributed by atoms with van der Waals surface area (Å²) in [6.45, 7) is 5.84. The first-order valence-electron chi connectivity index (χ1n) is 11.7. The monoisotopic (exact) mass is 458 g/mol. The van der Waals surface area contributed by atoms with E-state index in [0.29, 0.717) is 5.56 Å². The highest BCUT2D eigenvalue weighted by molar-refractivity contribution is 5.97. The van der Waals surface area contributed by atoms with Crippen LogP contribution in [0.4, 0.5) is 5.82 Å². The van der Waals surface area contributed by atoms with Crippen molar-refractivity contribution in [3.8, 4) is 5.69 Å². The Hall–Kier alpha value is -3.72. The Bertz CT molecular complexity index is 1310. The Labute approximate surface area is 198 Å². The average molecular weight is 459 g/mol. The van der Waals surface area contributed by atoms with Crippen LogP contribution in [0, 0.1) is 6.92 Å². The molecule has 5 rings (SSSR count). The van der Waals surface area contributed by atoms with Crippen LogP contribution in [0.1, 0.15) is 47.4 Å². The molecule has 1 saturated heterocycles. The summed E-state index contributed by atoms with van der Waals surface area (Å²) in [5.41, 5.74) is 10.1. The van der Waals surface area contributed by atoms with Gasteiger partial charge in [-0.15, -0.1) is 0 Å². The molecule has 176 valence electrons. The number of rotatable bonds is 6. The highest BCUT2D eigenvalue weighted by Gasteiger charge is 2.27. The summed E-state index contributed by atoms with van der Waals surface area (Å²) in [5.74, 6) is 0.878. The van der Waals surface area contributed by atoms with E-state index in [0.717, 1.165) is 54.3 Å². The van der Waals surface area contributed by atoms with Gasteiger partial charge in [-0.2, -0.15) is 10.2 Å². The predicted octanol–water partition coefficient (Wildman–Crippen LogP) is 2.98. The zero-order valence-corrected chi connectivity index (χ0v) is 19.8. The second kappa shape index (κ2) is 8.90. The molecule has 1 aliphatic rings. The minimum Gasteiger partial charge on any atom is -0.355 e. The van der Waals surface area contributed by atoms with Gasteiger partial charge in [0.2, 0.25) is 0 Å². The Balaban J connectivity index is 1.46. The molecule has 0 radical (unpaired) electrons. The van der Waals surface area contributed by atoms with Crippen molar-refractivity contribution in [2.45, 2.75) is 38.8 Å². The standard InChI is InChI=1S/C25H30N8O/c1-4-21(30(3)25(34)19-8-5-6-9-22(19)32-12-7-11-27-32)20-14-23-28-24(17(2)15-33(23)29-20)31-13-10-18(26)16-31/h5-9,11-12,14-15,18,21H,4,10,13,16,26H2,1-3H3/t18-,21-/m0/s1. The van der Waals surface area contributed by atoms with E-state index in [1.807, 2.05) is 67.3 Å². The smallest absolute Gasteiger partial charge is 0.256 e. The fraction of sp³-hybridized carbons (Fsp3) is 0.360. The number of amides is 1. The van der Waals surface area contributed by atoms with E-state index in [4.69, 9.17) is 15.8 Å². The fourth-order valence-corrected chi connectivity index (χ4v) is 4.76. The summed E-state index contributed by atoms with van der Waals surface area (Å²) < 4.78 is 3.52. The Morgan fingerprint density at radius 2 is 2.12 bits per heavy atom. The van der Waals surface area contributed by atoms with Crippen molar-refractivity contribution >= 4 is 17.4 Å². The van der Waals surface area contributed by atoms with Crippen LogP contribution in [0.2, 0.25) is 0 Å². The van der Waals surface area contributed by atoms with Gasteiger partial charge in [0.1, 0.15) is 5.82 Å². The Morgan fingerprint density at radius 1 is 1.29 bits per heavy atom. The van der Waals surface area contributed by atoms with Gasteiger partial charge in [0.15, 0.2) is 5.65 Å². The summed E-state index contributed by atoms with van der Waals surface area (Å²) in [6, 6.07) is 11.3. The summed E-state index contributed by atoms with van der Waals surface area (Å²) >= 11 is 0. The number of fused-ring (bicyclic) bond motifs is 1. The van der Waals surface area contributed by atoms with Crippen LogP contribution in [0.25, 0.3) is 11.3 Å². The molecule has 0 spiro atoms. The summed E-state index contributed by atoms with van der Waals surface area (Å²) in [5, 5.41) is 9.10.